The number of unbranched alkanes of at least 4 members (excludes halogenated alkanes) is 41. The molecular formula is C84H151NO8P+. The molecule has 0 aliphatic carbocycles. The Hall–Kier alpha value is -3.33. The maximum Gasteiger partial charge on any atom is 0.472 e. The van der Waals surface area contributed by atoms with E-state index in [1.165, 1.54) is 238 Å². The molecule has 10 heteroatoms. The molecule has 0 aromatic rings. The van der Waals surface area contributed by atoms with Crippen molar-refractivity contribution < 1.29 is 42.1 Å². The van der Waals surface area contributed by atoms with Crippen LogP contribution < -0.4 is 0 Å². The molecule has 0 rings (SSSR count). The standard InChI is InChI=1S/C84H150NO8P/c1-6-8-10-12-14-16-18-20-22-24-26-28-30-32-34-36-38-40-42-44-46-48-50-52-54-56-58-60-62-64-66-68-70-72-74-76-83(86)90-80-82(81-92-94(88,89)91-79-78-85(3,4)5)93-84(87)77-75-73-71-69-67-65-63-61-59-57-55-53-51-49-47-45-43-41-39-37-35-33-31-29-27-25-23-21-19-17-15-13-11-9-7-2/h9,11,15,17-18,20-21,23-24,26-27,29,33,35,39,41,45,47,82H,6-8,10,12-14,16,19,22,25,28,30-32,34,36-38,40,42-44,46,48-81H2,1-5H3/p+1/b11-9-,17-15-,20-18-,23-21-,26-24-,29-27-,35-33-,41-39-,47-45-. The first-order valence-electron chi connectivity index (χ1n) is 39.6. The minimum Gasteiger partial charge on any atom is -0.462 e. The van der Waals surface area contributed by atoms with E-state index in [0.29, 0.717) is 17.4 Å². The van der Waals surface area contributed by atoms with Crippen LogP contribution >= 0.6 is 7.82 Å². The second-order valence-electron chi connectivity index (χ2n) is 27.7. The third-order valence-corrected chi connectivity index (χ3v) is 18.3. The van der Waals surface area contributed by atoms with Gasteiger partial charge in [0.25, 0.3) is 0 Å². The van der Waals surface area contributed by atoms with Crippen LogP contribution in [0.4, 0.5) is 0 Å². The molecule has 94 heavy (non-hydrogen) atoms. The highest BCUT2D eigenvalue weighted by molar-refractivity contribution is 7.47. The van der Waals surface area contributed by atoms with Gasteiger partial charge in [0.05, 0.1) is 27.7 Å². The van der Waals surface area contributed by atoms with Gasteiger partial charge in [-0.25, -0.2) is 4.57 Å². The second kappa shape index (κ2) is 73.9. The summed E-state index contributed by atoms with van der Waals surface area (Å²) < 4.78 is 34.8. The van der Waals surface area contributed by atoms with Gasteiger partial charge in [0, 0.05) is 12.8 Å². The van der Waals surface area contributed by atoms with Crippen LogP contribution in [0.1, 0.15) is 361 Å². The van der Waals surface area contributed by atoms with E-state index in [1.54, 1.807) is 0 Å². The monoisotopic (exact) mass is 1330 g/mol. The number of rotatable bonds is 73. The summed E-state index contributed by atoms with van der Waals surface area (Å²) in [6.07, 6.45) is 105. The van der Waals surface area contributed by atoms with Gasteiger partial charge >= 0.3 is 19.8 Å². The summed E-state index contributed by atoms with van der Waals surface area (Å²) in [5.74, 6) is -0.787. The highest BCUT2D eigenvalue weighted by Gasteiger charge is 2.27. The Labute approximate surface area is 582 Å². The second-order valence-corrected chi connectivity index (χ2v) is 29.2. The third kappa shape index (κ3) is 77.7. The van der Waals surface area contributed by atoms with Gasteiger partial charge in [-0.3, -0.25) is 18.6 Å². The Bertz CT molecular complexity index is 1960. The summed E-state index contributed by atoms with van der Waals surface area (Å²) in [4.78, 5) is 36.0. The first-order valence-corrected chi connectivity index (χ1v) is 41.1. The SMILES string of the molecule is CC/C=C\C/C=C\C/C=C\C/C=C\C/C=C\C/C=C\C/C=C\CCCCCCCCCCCCCCCC(=O)OC(COC(=O)CCCCCCCCCCCCCCCCCCCCCCCCC/C=C\C/C=C\CCCCCCC)COP(=O)(O)OCC[N+](C)(C)C. The van der Waals surface area contributed by atoms with Gasteiger partial charge in [-0.15, -0.1) is 0 Å². The third-order valence-electron chi connectivity index (χ3n) is 17.3. The molecule has 0 fully saturated rings. The lowest BCUT2D eigenvalue weighted by Crippen LogP contribution is -2.37. The first kappa shape index (κ1) is 90.7. The lowest BCUT2D eigenvalue weighted by molar-refractivity contribution is -0.870. The summed E-state index contributed by atoms with van der Waals surface area (Å²) >= 11 is 0. The van der Waals surface area contributed by atoms with Crippen molar-refractivity contribution in [1.29, 1.82) is 0 Å². The van der Waals surface area contributed by atoms with Gasteiger partial charge in [-0.1, -0.05) is 354 Å². The molecule has 2 atom stereocenters. The van der Waals surface area contributed by atoms with Crippen molar-refractivity contribution in [3.05, 3.63) is 109 Å². The number of carbonyl (C=O) groups excluding carboxylic acids is 2. The Morgan fingerprint density at radius 3 is 0.904 bits per heavy atom. The van der Waals surface area contributed by atoms with Gasteiger partial charge in [-0.05, 0) is 103 Å². The van der Waals surface area contributed by atoms with Gasteiger partial charge in [0.15, 0.2) is 6.10 Å². The lowest BCUT2D eigenvalue weighted by atomic mass is 10.0. The molecule has 0 saturated heterocycles. The number of hydrogen-bond donors (Lipinski definition) is 1. The molecule has 0 heterocycles. The van der Waals surface area contributed by atoms with Gasteiger partial charge < -0.3 is 18.9 Å². The Morgan fingerprint density at radius 2 is 0.606 bits per heavy atom. The van der Waals surface area contributed by atoms with Crippen LogP contribution in [0, 0.1) is 0 Å². The fourth-order valence-corrected chi connectivity index (χ4v) is 12.0. The van der Waals surface area contributed by atoms with E-state index in [2.05, 4.69) is 123 Å². The number of phosphoric ester groups is 1. The topological polar surface area (TPSA) is 108 Å². The highest BCUT2D eigenvalue weighted by atomic mass is 31.2. The molecule has 1 N–H and O–H groups in total. The minimum atomic E-state index is -4.40. The summed E-state index contributed by atoms with van der Waals surface area (Å²) in [6, 6.07) is 0. The fraction of sp³-hybridized carbons (Fsp3) is 0.762. The normalized spacial score (nSPS) is 13.6. The van der Waals surface area contributed by atoms with Crippen molar-refractivity contribution in [2.75, 3.05) is 47.5 Å². The van der Waals surface area contributed by atoms with Crippen molar-refractivity contribution in [2.45, 2.75) is 367 Å². The molecule has 0 bridgehead atoms. The number of allylic oxidation sites excluding steroid dienone is 18. The number of nitrogens with zero attached hydrogens (tertiary/aromatic N) is 1. The van der Waals surface area contributed by atoms with Crippen molar-refractivity contribution >= 4 is 19.8 Å². The zero-order valence-electron chi connectivity index (χ0n) is 62.2. The van der Waals surface area contributed by atoms with Crippen LogP contribution in [0.3, 0.4) is 0 Å². The molecule has 544 valence electrons. The Morgan fingerprint density at radius 1 is 0.340 bits per heavy atom. The molecular weight excluding hydrogens is 1180 g/mol. The van der Waals surface area contributed by atoms with E-state index in [-0.39, 0.29) is 32.0 Å². The lowest BCUT2D eigenvalue weighted by Gasteiger charge is -2.24. The van der Waals surface area contributed by atoms with Crippen LogP contribution in [-0.4, -0.2) is 74.9 Å². The van der Waals surface area contributed by atoms with Crippen LogP contribution in [-0.2, 0) is 32.7 Å². The molecule has 0 radical (unpaired) electrons. The van der Waals surface area contributed by atoms with Crippen LogP contribution in [0.2, 0.25) is 0 Å². The summed E-state index contributed by atoms with van der Waals surface area (Å²) in [7, 11) is 1.48. The van der Waals surface area contributed by atoms with Crippen LogP contribution in [0.25, 0.3) is 0 Å². The number of hydrogen-bond acceptors (Lipinski definition) is 7. The van der Waals surface area contributed by atoms with Gasteiger partial charge in [-0.2, -0.15) is 0 Å². The van der Waals surface area contributed by atoms with Gasteiger partial charge in [0.2, 0.25) is 0 Å². The van der Waals surface area contributed by atoms with Crippen molar-refractivity contribution in [3.8, 4) is 0 Å². The number of likely N-dealkylation sites (N-methyl/N-ethyl adjacent to an activating group) is 1. The first-order chi connectivity index (χ1) is 46.0. The van der Waals surface area contributed by atoms with Crippen LogP contribution in [0.15, 0.2) is 109 Å². The zero-order valence-corrected chi connectivity index (χ0v) is 63.1. The maximum absolute atomic E-state index is 12.9. The van der Waals surface area contributed by atoms with E-state index < -0.39 is 26.5 Å². The van der Waals surface area contributed by atoms with E-state index in [9.17, 15) is 19.0 Å². The number of quaternary nitrogens is 1. The summed E-state index contributed by atoms with van der Waals surface area (Å²) in [5.41, 5.74) is 0. The molecule has 0 saturated carbocycles. The summed E-state index contributed by atoms with van der Waals surface area (Å²) in [6.45, 7) is 4.35. The van der Waals surface area contributed by atoms with E-state index in [4.69, 9.17) is 18.5 Å². The quantitative estimate of drug-likeness (QED) is 0.0211. The molecule has 0 spiro atoms. The zero-order chi connectivity index (χ0) is 68.3. The van der Waals surface area contributed by atoms with E-state index >= 15 is 0 Å². The largest absolute Gasteiger partial charge is 0.472 e. The average molecular weight is 1330 g/mol. The van der Waals surface area contributed by atoms with Crippen LogP contribution in [0.5, 0.6) is 0 Å². The predicted octanol–water partition coefficient (Wildman–Crippen LogP) is 26.4. The van der Waals surface area contributed by atoms with E-state index in [1.807, 2.05) is 21.1 Å². The highest BCUT2D eigenvalue weighted by Crippen LogP contribution is 2.43. The molecule has 9 nitrogen and oxygen atoms in total. The minimum absolute atomic E-state index is 0.0296. The smallest absolute Gasteiger partial charge is 0.462 e. The Kier molecular flexibility index (Phi) is 71.3. The number of phosphoric acid groups is 1. The fourth-order valence-electron chi connectivity index (χ4n) is 11.3. The molecule has 2 unspecified atom stereocenters. The Balaban J connectivity index is 3.97. The molecule has 0 aromatic carbocycles. The predicted molar refractivity (Wildman–Crippen MR) is 408 cm³/mol. The number of carbonyl (C=O) groups is 2. The van der Waals surface area contributed by atoms with Crippen molar-refractivity contribution in [3.63, 3.8) is 0 Å². The van der Waals surface area contributed by atoms with E-state index in [0.717, 1.165) is 89.9 Å². The molecule has 0 aliphatic heterocycles. The molecule has 0 amide bonds. The molecule has 0 aliphatic rings. The number of esters is 2. The number of ether oxygens (including phenoxy) is 2. The van der Waals surface area contributed by atoms with Crippen molar-refractivity contribution in [1.82, 2.24) is 0 Å². The van der Waals surface area contributed by atoms with Gasteiger partial charge in [0.1, 0.15) is 19.8 Å². The maximum atomic E-state index is 12.9. The van der Waals surface area contributed by atoms with Crippen molar-refractivity contribution in [2.24, 2.45) is 0 Å². The average Bonchev–Trinajstić information content (AvgIpc) is 1.68. The summed E-state index contributed by atoms with van der Waals surface area (Å²) in [5, 5.41) is 0. The molecule has 0 aromatic heterocycles.